The van der Waals surface area contributed by atoms with Gasteiger partial charge in [0.25, 0.3) is 0 Å². The molecule has 25 heavy (non-hydrogen) atoms. The standard InChI is InChI=1S/C22H16O3/c1-13-7-8-16(11-14(13)2)22(24)18-12-20(23)25-19-10-9-15-5-3-4-6-17(15)21(18)19/h3-12H,1-2H3. The normalized spacial score (nSPS) is 11.1. The molecule has 122 valence electrons. The molecule has 0 aliphatic carbocycles. The van der Waals surface area contributed by atoms with Crippen molar-refractivity contribution < 1.29 is 9.21 Å². The second-order valence-corrected chi connectivity index (χ2v) is 6.27. The van der Waals surface area contributed by atoms with Gasteiger partial charge in [0.15, 0.2) is 5.78 Å². The fourth-order valence-electron chi connectivity index (χ4n) is 3.16. The zero-order valence-corrected chi connectivity index (χ0v) is 14.0. The SMILES string of the molecule is Cc1ccc(C(=O)c2cc(=O)oc3ccc4ccccc4c23)cc1C. The number of hydrogen-bond acceptors (Lipinski definition) is 3. The van der Waals surface area contributed by atoms with Gasteiger partial charge in [-0.05, 0) is 47.9 Å². The lowest BCUT2D eigenvalue weighted by Crippen LogP contribution is -2.08. The van der Waals surface area contributed by atoms with E-state index in [0.29, 0.717) is 22.1 Å². The smallest absolute Gasteiger partial charge is 0.336 e. The van der Waals surface area contributed by atoms with Gasteiger partial charge in [-0.3, -0.25) is 4.79 Å². The Morgan fingerprint density at radius 3 is 2.48 bits per heavy atom. The van der Waals surface area contributed by atoms with Gasteiger partial charge < -0.3 is 4.42 Å². The molecule has 0 atom stereocenters. The Bertz CT molecular complexity index is 1200. The van der Waals surface area contributed by atoms with E-state index in [0.717, 1.165) is 21.9 Å². The van der Waals surface area contributed by atoms with Crippen molar-refractivity contribution in [2.45, 2.75) is 13.8 Å². The Kier molecular flexibility index (Phi) is 3.50. The average Bonchev–Trinajstić information content (AvgIpc) is 2.62. The van der Waals surface area contributed by atoms with E-state index in [-0.39, 0.29) is 5.78 Å². The van der Waals surface area contributed by atoms with Crippen LogP contribution in [-0.2, 0) is 0 Å². The highest BCUT2D eigenvalue weighted by molar-refractivity contribution is 6.21. The molecule has 1 aromatic heterocycles. The molecule has 4 aromatic rings. The zero-order valence-electron chi connectivity index (χ0n) is 14.0. The summed E-state index contributed by atoms with van der Waals surface area (Å²) in [6.45, 7) is 3.97. The number of fused-ring (bicyclic) bond motifs is 3. The topological polar surface area (TPSA) is 47.3 Å². The summed E-state index contributed by atoms with van der Waals surface area (Å²) >= 11 is 0. The average molecular weight is 328 g/mol. The summed E-state index contributed by atoms with van der Waals surface area (Å²) in [6, 6.07) is 18.3. The maximum Gasteiger partial charge on any atom is 0.336 e. The number of aryl methyl sites for hydroxylation is 2. The van der Waals surface area contributed by atoms with Crippen LogP contribution in [0.15, 0.2) is 69.9 Å². The minimum Gasteiger partial charge on any atom is -0.423 e. The van der Waals surface area contributed by atoms with Crippen LogP contribution in [0.5, 0.6) is 0 Å². The summed E-state index contributed by atoms with van der Waals surface area (Å²) in [6.07, 6.45) is 0. The molecular formula is C22H16O3. The molecule has 0 aliphatic rings. The van der Waals surface area contributed by atoms with Gasteiger partial charge in [-0.1, -0.05) is 42.5 Å². The van der Waals surface area contributed by atoms with Gasteiger partial charge in [-0.15, -0.1) is 0 Å². The predicted octanol–water partition coefficient (Wildman–Crippen LogP) is 4.79. The van der Waals surface area contributed by atoms with Gasteiger partial charge in [-0.25, -0.2) is 4.79 Å². The summed E-state index contributed by atoms with van der Waals surface area (Å²) in [7, 11) is 0. The van der Waals surface area contributed by atoms with Crippen LogP contribution in [-0.4, -0.2) is 5.78 Å². The first-order valence-electron chi connectivity index (χ1n) is 8.12. The number of benzene rings is 3. The minimum absolute atomic E-state index is 0.169. The van der Waals surface area contributed by atoms with E-state index in [2.05, 4.69) is 0 Å². The van der Waals surface area contributed by atoms with Crippen LogP contribution in [0.3, 0.4) is 0 Å². The Labute approximate surface area is 144 Å². The van der Waals surface area contributed by atoms with E-state index in [1.165, 1.54) is 6.07 Å². The molecule has 0 spiro atoms. The second-order valence-electron chi connectivity index (χ2n) is 6.27. The van der Waals surface area contributed by atoms with Crippen LogP contribution >= 0.6 is 0 Å². The van der Waals surface area contributed by atoms with Crippen LogP contribution in [0, 0.1) is 13.8 Å². The van der Waals surface area contributed by atoms with E-state index in [4.69, 9.17) is 4.42 Å². The van der Waals surface area contributed by atoms with Crippen molar-refractivity contribution in [3.8, 4) is 0 Å². The maximum atomic E-state index is 13.1. The van der Waals surface area contributed by atoms with Crippen LogP contribution in [0.1, 0.15) is 27.0 Å². The molecule has 0 unspecified atom stereocenters. The van der Waals surface area contributed by atoms with Crippen molar-refractivity contribution in [1.29, 1.82) is 0 Å². The molecule has 3 aromatic carbocycles. The van der Waals surface area contributed by atoms with Gasteiger partial charge in [0.2, 0.25) is 0 Å². The van der Waals surface area contributed by atoms with Gasteiger partial charge in [0, 0.05) is 22.6 Å². The van der Waals surface area contributed by atoms with Gasteiger partial charge >= 0.3 is 5.63 Å². The monoisotopic (exact) mass is 328 g/mol. The summed E-state index contributed by atoms with van der Waals surface area (Å²) in [5.41, 5.74) is 3.03. The van der Waals surface area contributed by atoms with Crippen molar-refractivity contribution >= 4 is 27.5 Å². The van der Waals surface area contributed by atoms with Crippen LogP contribution in [0.25, 0.3) is 21.7 Å². The summed E-state index contributed by atoms with van der Waals surface area (Å²) in [4.78, 5) is 25.1. The van der Waals surface area contributed by atoms with Crippen molar-refractivity contribution in [2.75, 3.05) is 0 Å². The molecule has 0 N–H and O–H groups in total. The first-order chi connectivity index (χ1) is 12.0. The van der Waals surface area contributed by atoms with E-state index < -0.39 is 5.63 Å². The third kappa shape index (κ3) is 2.54. The highest BCUT2D eigenvalue weighted by atomic mass is 16.4. The molecule has 0 saturated carbocycles. The lowest BCUT2D eigenvalue weighted by atomic mass is 9.95. The van der Waals surface area contributed by atoms with Crippen molar-refractivity contribution in [3.63, 3.8) is 0 Å². The molecule has 3 heteroatoms. The number of carbonyl (C=O) groups excluding carboxylic acids is 1. The first kappa shape index (κ1) is 15.3. The van der Waals surface area contributed by atoms with E-state index >= 15 is 0 Å². The molecular weight excluding hydrogens is 312 g/mol. The van der Waals surface area contributed by atoms with Crippen molar-refractivity contribution in [3.05, 3.63) is 93.3 Å². The number of rotatable bonds is 2. The predicted molar refractivity (Wildman–Crippen MR) is 99.3 cm³/mol. The van der Waals surface area contributed by atoms with E-state index in [1.54, 1.807) is 12.1 Å². The number of hydrogen-bond donors (Lipinski definition) is 0. The summed E-state index contributed by atoms with van der Waals surface area (Å²) in [5, 5.41) is 2.58. The molecule has 0 radical (unpaired) electrons. The third-order valence-electron chi connectivity index (χ3n) is 4.65. The first-order valence-corrected chi connectivity index (χ1v) is 8.12. The minimum atomic E-state index is -0.519. The molecule has 4 rings (SSSR count). The van der Waals surface area contributed by atoms with E-state index in [1.807, 2.05) is 56.3 Å². The Hall–Kier alpha value is -3.20. The Morgan fingerprint density at radius 2 is 1.68 bits per heavy atom. The molecule has 1 heterocycles. The van der Waals surface area contributed by atoms with Gasteiger partial charge in [-0.2, -0.15) is 0 Å². The van der Waals surface area contributed by atoms with E-state index in [9.17, 15) is 9.59 Å². The second kappa shape index (κ2) is 5.71. The number of ketones is 1. The quantitative estimate of drug-likeness (QED) is 0.302. The van der Waals surface area contributed by atoms with Gasteiger partial charge in [0.1, 0.15) is 5.58 Å². The Balaban J connectivity index is 2.06. The highest BCUT2D eigenvalue weighted by Crippen LogP contribution is 2.29. The maximum absolute atomic E-state index is 13.1. The van der Waals surface area contributed by atoms with Crippen molar-refractivity contribution in [2.24, 2.45) is 0 Å². The van der Waals surface area contributed by atoms with Crippen LogP contribution in [0.2, 0.25) is 0 Å². The van der Waals surface area contributed by atoms with Crippen LogP contribution in [0.4, 0.5) is 0 Å². The number of carbonyl (C=O) groups is 1. The molecule has 3 nitrogen and oxygen atoms in total. The highest BCUT2D eigenvalue weighted by Gasteiger charge is 2.17. The van der Waals surface area contributed by atoms with Crippen molar-refractivity contribution in [1.82, 2.24) is 0 Å². The molecule has 0 bridgehead atoms. The molecule has 0 amide bonds. The molecule has 0 fully saturated rings. The summed E-state index contributed by atoms with van der Waals surface area (Å²) in [5.74, 6) is -0.169. The lowest BCUT2D eigenvalue weighted by Gasteiger charge is -2.09. The molecule has 0 saturated heterocycles. The Morgan fingerprint density at radius 1 is 0.880 bits per heavy atom. The third-order valence-corrected chi connectivity index (χ3v) is 4.65. The zero-order chi connectivity index (χ0) is 17.6. The fraction of sp³-hybridized carbons (Fsp3) is 0.0909. The largest absolute Gasteiger partial charge is 0.423 e. The summed E-state index contributed by atoms with van der Waals surface area (Å²) < 4.78 is 5.33. The molecule has 0 aliphatic heterocycles. The van der Waals surface area contributed by atoms with Crippen LogP contribution < -0.4 is 5.63 Å². The lowest BCUT2D eigenvalue weighted by molar-refractivity contribution is 0.103. The fourth-order valence-corrected chi connectivity index (χ4v) is 3.16. The van der Waals surface area contributed by atoms with Gasteiger partial charge in [0.05, 0.1) is 0 Å².